The van der Waals surface area contributed by atoms with Crippen molar-refractivity contribution < 1.29 is 4.79 Å². The summed E-state index contributed by atoms with van der Waals surface area (Å²) < 4.78 is 0. The lowest BCUT2D eigenvalue weighted by molar-refractivity contribution is 0.0946. The number of hydrogen-bond acceptors (Lipinski definition) is 5. The molecule has 0 aliphatic heterocycles. The fraction of sp³-hybridized carbons (Fsp3) is 0.0526. The van der Waals surface area contributed by atoms with E-state index in [1.165, 1.54) is 6.33 Å². The Labute approximate surface area is 155 Å². The van der Waals surface area contributed by atoms with Crippen molar-refractivity contribution in [1.82, 2.24) is 15.3 Å². The number of halogens is 1. The summed E-state index contributed by atoms with van der Waals surface area (Å²) >= 11 is 6.08. The second-order valence-electron chi connectivity index (χ2n) is 5.38. The SMILES string of the molecule is N#Cc1ccc(Nc2cc(C(=O)NCc3ccccc3Cl)ncn2)cc1. The second kappa shape index (κ2) is 8.10. The highest BCUT2D eigenvalue weighted by Gasteiger charge is 2.09. The first-order chi connectivity index (χ1) is 12.7. The number of hydrogen-bond donors (Lipinski definition) is 2. The molecule has 0 unspecified atom stereocenters. The van der Waals surface area contributed by atoms with E-state index in [2.05, 4.69) is 26.7 Å². The lowest BCUT2D eigenvalue weighted by Gasteiger charge is -2.08. The van der Waals surface area contributed by atoms with Crippen LogP contribution in [0.1, 0.15) is 21.6 Å². The number of carbonyl (C=O) groups excluding carboxylic acids is 1. The van der Waals surface area contributed by atoms with Gasteiger partial charge in [-0.1, -0.05) is 29.8 Å². The van der Waals surface area contributed by atoms with Gasteiger partial charge in [-0.15, -0.1) is 0 Å². The quantitative estimate of drug-likeness (QED) is 0.721. The Balaban J connectivity index is 1.67. The number of rotatable bonds is 5. The lowest BCUT2D eigenvalue weighted by atomic mass is 10.2. The van der Waals surface area contributed by atoms with Crippen LogP contribution in [0.3, 0.4) is 0 Å². The highest BCUT2D eigenvalue weighted by Crippen LogP contribution is 2.16. The van der Waals surface area contributed by atoms with Crippen LogP contribution in [0.15, 0.2) is 60.9 Å². The number of benzene rings is 2. The van der Waals surface area contributed by atoms with Gasteiger partial charge >= 0.3 is 0 Å². The standard InChI is InChI=1S/C19H14ClN5O/c20-16-4-2-1-3-14(16)11-22-19(26)17-9-18(24-12-23-17)25-15-7-5-13(10-21)6-8-15/h1-9,12H,11H2,(H,22,26)(H,23,24,25). The maximum absolute atomic E-state index is 12.3. The molecule has 3 rings (SSSR count). The van der Waals surface area contributed by atoms with Gasteiger partial charge in [0.2, 0.25) is 0 Å². The molecular weight excluding hydrogens is 350 g/mol. The minimum atomic E-state index is -0.324. The first kappa shape index (κ1) is 17.4. The number of nitrogens with zero attached hydrogens (tertiary/aromatic N) is 3. The summed E-state index contributed by atoms with van der Waals surface area (Å²) in [7, 11) is 0. The fourth-order valence-electron chi connectivity index (χ4n) is 2.23. The molecule has 0 spiro atoms. The van der Waals surface area contributed by atoms with Crippen molar-refractivity contribution in [1.29, 1.82) is 5.26 Å². The van der Waals surface area contributed by atoms with Gasteiger partial charge in [-0.05, 0) is 35.9 Å². The Bertz CT molecular complexity index is 966. The molecule has 0 radical (unpaired) electrons. The van der Waals surface area contributed by atoms with E-state index in [1.807, 2.05) is 18.2 Å². The molecule has 0 atom stereocenters. The fourth-order valence-corrected chi connectivity index (χ4v) is 2.44. The molecule has 2 N–H and O–H groups in total. The van der Waals surface area contributed by atoms with Crippen LogP contribution in [0.5, 0.6) is 0 Å². The molecule has 0 aliphatic rings. The molecule has 6 nitrogen and oxygen atoms in total. The molecule has 3 aromatic rings. The summed E-state index contributed by atoms with van der Waals surface area (Å²) in [5.41, 5.74) is 2.39. The molecule has 26 heavy (non-hydrogen) atoms. The Morgan fingerprint density at radius 1 is 1.12 bits per heavy atom. The van der Waals surface area contributed by atoms with Crippen molar-refractivity contribution >= 4 is 29.0 Å². The zero-order valence-corrected chi connectivity index (χ0v) is 14.4. The number of carbonyl (C=O) groups is 1. The van der Waals surface area contributed by atoms with Crippen LogP contribution in [-0.4, -0.2) is 15.9 Å². The average molecular weight is 364 g/mol. The molecule has 0 bridgehead atoms. The predicted octanol–water partition coefficient (Wildman–Crippen LogP) is 3.68. The third kappa shape index (κ3) is 4.35. The van der Waals surface area contributed by atoms with E-state index in [-0.39, 0.29) is 11.6 Å². The van der Waals surface area contributed by atoms with E-state index in [4.69, 9.17) is 16.9 Å². The number of nitriles is 1. The molecule has 2 aromatic carbocycles. The van der Waals surface area contributed by atoms with E-state index < -0.39 is 0 Å². The normalized spacial score (nSPS) is 10.0. The Morgan fingerprint density at radius 3 is 2.62 bits per heavy atom. The van der Waals surface area contributed by atoms with Gasteiger partial charge in [0, 0.05) is 23.3 Å². The predicted molar refractivity (Wildman–Crippen MR) is 99.1 cm³/mol. The average Bonchev–Trinajstić information content (AvgIpc) is 2.68. The number of amides is 1. The van der Waals surface area contributed by atoms with Gasteiger partial charge < -0.3 is 10.6 Å². The molecule has 0 aliphatic carbocycles. The van der Waals surface area contributed by atoms with Crippen LogP contribution in [-0.2, 0) is 6.54 Å². The number of nitrogens with one attached hydrogen (secondary N) is 2. The van der Waals surface area contributed by atoms with Crippen molar-refractivity contribution in [2.24, 2.45) is 0 Å². The highest BCUT2D eigenvalue weighted by molar-refractivity contribution is 6.31. The second-order valence-corrected chi connectivity index (χ2v) is 5.78. The molecule has 7 heteroatoms. The van der Waals surface area contributed by atoms with Crippen LogP contribution in [0.2, 0.25) is 5.02 Å². The summed E-state index contributed by atoms with van der Waals surface area (Å²) in [5, 5.41) is 15.3. The van der Waals surface area contributed by atoms with Crippen molar-refractivity contribution in [3.05, 3.63) is 82.8 Å². The summed E-state index contributed by atoms with van der Waals surface area (Å²) in [6.45, 7) is 0.306. The maximum atomic E-state index is 12.3. The Kier molecular flexibility index (Phi) is 5.42. The van der Waals surface area contributed by atoms with E-state index in [0.717, 1.165) is 11.3 Å². The maximum Gasteiger partial charge on any atom is 0.270 e. The summed E-state index contributed by atoms with van der Waals surface area (Å²) in [6.07, 6.45) is 1.32. The highest BCUT2D eigenvalue weighted by atomic mass is 35.5. The van der Waals surface area contributed by atoms with Crippen LogP contribution in [0, 0.1) is 11.3 Å². The van der Waals surface area contributed by atoms with E-state index in [0.29, 0.717) is 22.9 Å². The Hall–Kier alpha value is -3.43. The monoisotopic (exact) mass is 363 g/mol. The van der Waals surface area contributed by atoms with Gasteiger partial charge in [0.1, 0.15) is 17.8 Å². The molecule has 128 valence electrons. The topological polar surface area (TPSA) is 90.7 Å². The molecule has 0 fully saturated rings. The van der Waals surface area contributed by atoms with Crippen LogP contribution in [0.25, 0.3) is 0 Å². The molecule has 0 saturated carbocycles. The molecule has 1 aromatic heterocycles. The first-order valence-electron chi connectivity index (χ1n) is 7.76. The summed E-state index contributed by atoms with van der Waals surface area (Å²) in [4.78, 5) is 20.4. The third-order valence-electron chi connectivity index (χ3n) is 3.58. The van der Waals surface area contributed by atoms with Crippen LogP contribution >= 0.6 is 11.6 Å². The number of aromatic nitrogens is 2. The zero-order valence-electron chi connectivity index (χ0n) is 13.6. The minimum absolute atomic E-state index is 0.239. The van der Waals surface area contributed by atoms with E-state index >= 15 is 0 Å². The van der Waals surface area contributed by atoms with E-state index in [9.17, 15) is 4.79 Å². The van der Waals surface area contributed by atoms with Gasteiger partial charge in [-0.3, -0.25) is 4.79 Å². The smallest absolute Gasteiger partial charge is 0.270 e. The zero-order chi connectivity index (χ0) is 18.4. The van der Waals surface area contributed by atoms with Gasteiger partial charge in [0.15, 0.2) is 0 Å². The van der Waals surface area contributed by atoms with Gasteiger partial charge in [0.05, 0.1) is 11.6 Å². The van der Waals surface area contributed by atoms with Crippen molar-refractivity contribution in [3.8, 4) is 6.07 Å². The third-order valence-corrected chi connectivity index (χ3v) is 3.95. The molecule has 1 amide bonds. The van der Waals surface area contributed by atoms with Crippen molar-refractivity contribution in [2.45, 2.75) is 6.54 Å². The minimum Gasteiger partial charge on any atom is -0.347 e. The molecule has 1 heterocycles. The van der Waals surface area contributed by atoms with Crippen LogP contribution < -0.4 is 10.6 Å². The van der Waals surface area contributed by atoms with Gasteiger partial charge in [-0.25, -0.2) is 9.97 Å². The van der Waals surface area contributed by atoms with Gasteiger partial charge in [-0.2, -0.15) is 5.26 Å². The summed E-state index contributed by atoms with van der Waals surface area (Å²) in [6, 6.07) is 17.8. The Morgan fingerprint density at radius 2 is 1.88 bits per heavy atom. The molecule has 0 saturated heterocycles. The van der Waals surface area contributed by atoms with Gasteiger partial charge in [0.25, 0.3) is 5.91 Å². The van der Waals surface area contributed by atoms with Crippen molar-refractivity contribution in [2.75, 3.05) is 5.32 Å². The largest absolute Gasteiger partial charge is 0.347 e. The van der Waals surface area contributed by atoms with Crippen LogP contribution in [0.4, 0.5) is 11.5 Å². The molecular formula is C19H14ClN5O. The van der Waals surface area contributed by atoms with Crippen molar-refractivity contribution in [3.63, 3.8) is 0 Å². The first-order valence-corrected chi connectivity index (χ1v) is 8.14. The summed E-state index contributed by atoms with van der Waals surface area (Å²) in [5.74, 6) is 0.155. The lowest BCUT2D eigenvalue weighted by Crippen LogP contribution is -2.24. The van der Waals surface area contributed by atoms with E-state index in [1.54, 1.807) is 36.4 Å². The number of anilines is 2.